The molecule has 0 bridgehead atoms. The molecule has 0 aliphatic heterocycles. The Kier molecular flexibility index (Phi) is 4.98. The summed E-state index contributed by atoms with van der Waals surface area (Å²) in [5.41, 5.74) is 9.05. The van der Waals surface area contributed by atoms with Gasteiger partial charge in [-0.15, -0.1) is 0 Å². The second kappa shape index (κ2) is 6.95. The topological polar surface area (TPSA) is 70.6 Å². The molecule has 19 heavy (non-hydrogen) atoms. The fraction of sp³-hybridized carbons (Fsp3) is 0.400. The van der Waals surface area contributed by atoms with Gasteiger partial charge in [-0.1, -0.05) is 35.0 Å². The second-order valence-corrected chi connectivity index (χ2v) is 4.87. The summed E-state index contributed by atoms with van der Waals surface area (Å²) in [6.07, 6.45) is 7.33. The van der Waals surface area contributed by atoms with Crippen LogP contribution in [0.1, 0.15) is 36.8 Å². The quantitative estimate of drug-likeness (QED) is 0.183. The summed E-state index contributed by atoms with van der Waals surface area (Å²) in [6, 6.07) is 7.73. The van der Waals surface area contributed by atoms with Crippen molar-refractivity contribution in [3.05, 3.63) is 47.0 Å². The van der Waals surface area contributed by atoms with Crippen LogP contribution >= 0.6 is 0 Å². The smallest absolute Gasteiger partial charge is 0.170 e. The zero-order valence-corrected chi connectivity index (χ0v) is 11.1. The first-order valence-electron chi connectivity index (χ1n) is 6.75. The molecule has 102 valence electrons. The van der Waals surface area contributed by atoms with E-state index in [4.69, 9.17) is 10.9 Å². The molecule has 4 heteroatoms. The molecule has 0 fully saturated rings. The average molecular weight is 259 g/mol. The Morgan fingerprint density at radius 2 is 2.32 bits per heavy atom. The van der Waals surface area contributed by atoms with Crippen LogP contribution in [0.5, 0.6) is 0 Å². The van der Waals surface area contributed by atoms with Gasteiger partial charge in [0.05, 0.1) is 0 Å². The molecule has 0 saturated carbocycles. The van der Waals surface area contributed by atoms with Gasteiger partial charge >= 0.3 is 0 Å². The largest absolute Gasteiger partial charge is 0.409 e. The normalized spacial score (nSPS) is 15.6. The maximum atomic E-state index is 8.66. The predicted molar refractivity (Wildman–Crippen MR) is 77.2 cm³/mol. The zero-order valence-electron chi connectivity index (χ0n) is 11.1. The molecular formula is C15H21N3O. The summed E-state index contributed by atoms with van der Waals surface area (Å²) in [5, 5.41) is 15.1. The van der Waals surface area contributed by atoms with Crippen molar-refractivity contribution in [2.45, 2.75) is 32.2 Å². The van der Waals surface area contributed by atoms with E-state index in [2.05, 4.69) is 16.5 Å². The highest BCUT2D eigenvalue weighted by Crippen LogP contribution is 2.19. The van der Waals surface area contributed by atoms with Crippen LogP contribution in [0.2, 0.25) is 0 Å². The third-order valence-electron chi connectivity index (χ3n) is 3.42. The van der Waals surface area contributed by atoms with Crippen molar-refractivity contribution in [3.8, 4) is 0 Å². The van der Waals surface area contributed by atoms with Gasteiger partial charge in [0.25, 0.3) is 0 Å². The lowest BCUT2D eigenvalue weighted by Gasteiger charge is -2.07. The number of hydrogen-bond donors (Lipinski definition) is 3. The van der Waals surface area contributed by atoms with Crippen LogP contribution < -0.4 is 11.1 Å². The van der Waals surface area contributed by atoms with Crippen LogP contribution in [0.15, 0.2) is 41.1 Å². The molecule has 4 N–H and O–H groups in total. The first kappa shape index (κ1) is 13.6. The van der Waals surface area contributed by atoms with E-state index < -0.39 is 0 Å². The molecule has 0 radical (unpaired) electrons. The Labute approximate surface area is 114 Å². The number of hydrogen-bond acceptors (Lipinski definition) is 3. The van der Waals surface area contributed by atoms with Gasteiger partial charge in [-0.25, -0.2) is 0 Å². The highest BCUT2D eigenvalue weighted by molar-refractivity contribution is 5.97. The molecule has 0 heterocycles. The van der Waals surface area contributed by atoms with Crippen molar-refractivity contribution in [3.63, 3.8) is 0 Å². The van der Waals surface area contributed by atoms with Gasteiger partial charge in [0, 0.05) is 12.1 Å². The highest BCUT2D eigenvalue weighted by atomic mass is 16.4. The van der Waals surface area contributed by atoms with Crippen molar-refractivity contribution in [1.82, 2.24) is 5.32 Å². The molecule has 1 aliphatic rings. The minimum atomic E-state index is 0.151. The molecule has 2 rings (SSSR count). The maximum absolute atomic E-state index is 8.66. The molecule has 0 atom stereocenters. The maximum Gasteiger partial charge on any atom is 0.170 e. The average Bonchev–Trinajstić information content (AvgIpc) is 2.96. The van der Waals surface area contributed by atoms with Gasteiger partial charge in [-0.2, -0.15) is 0 Å². The van der Waals surface area contributed by atoms with Crippen molar-refractivity contribution in [2.24, 2.45) is 10.9 Å². The summed E-state index contributed by atoms with van der Waals surface area (Å²) in [4.78, 5) is 0. The Hall–Kier alpha value is -1.81. The fourth-order valence-corrected chi connectivity index (χ4v) is 2.34. The summed E-state index contributed by atoms with van der Waals surface area (Å²) in [7, 11) is 0. The monoisotopic (exact) mass is 259 g/mol. The Morgan fingerprint density at radius 3 is 3.05 bits per heavy atom. The summed E-state index contributed by atoms with van der Waals surface area (Å²) < 4.78 is 0. The second-order valence-electron chi connectivity index (χ2n) is 4.87. The summed E-state index contributed by atoms with van der Waals surface area (Å²) >= 11 is 0. The van der Waals surface area contributed by atoms with Crippen molar-refractivity contribution in [2.75, 3.05) is 6.54 Å². The van der Waals surface area contributed by atoms with E-state index in [1.54, 1.807) is 5.57 Å². The lowest BCUT2D eigenvalue weighted by molar-refractivity contribution is 0.318. The van der Waals surface area contributed by atoms with Gasteiger partial charge in [0.1, 0.15) is 0 Å². The number of nitrogens with one attached hydrogen (secondary N) is 1. The number of allylic oxidation sites excluding steroid dienone is 1. The number of oxime groups is 1. The van der Waals surface area contributed by atoms with Gasteiger partial charge < -0.3 is 16.3 Å². The lowest BCUT2D eigenvalue weighted by Crippen LogP contribution is -2.17. The minimum absolute atomic E-state index is 0.151. The summed E-state index contributed by atoms with van der Waals surface area (Å²) in [6.45, 7) is 1.81. The van der Waals surface area contributed by atoms with E-state index in [1.165, 1.54) is 19.3 Å². The molecule has 0 unspecified atom stereocenters. The van der Waals surface area contributed by atoms with Crippen LogP contribution in [-0.4, -0.2) is 17.6 Å². The standard InChI is InChI=1S/C15H21N3O/c16-15(18-19)14-7-3-6-13(10-14)11-17-9-8-12-4-1-2-5-12/h3-4,6-7,10,17,19H,1-2,5,8-9,11H2,(H2,16,18). The van der Waals surface area contributed by atoms with Gasteiger partial charge in [0.15, 0.2) is 5.84 Å². The van der Waals surface area contributed by atoms with E-state index >= 15 is 0 Å². The van der Waals surface area contributed by atoms with Crippen LogP contribution in [-0.2, 0) is 6.54 Å². The number of rotatable bonds is 6. The number of benzene rings is 1. The Bertz CT molecular complexity index is 480. The van der Waals surface area contributed by atoms with Gasteiger partial charge in [0.2, 0.25) is 0 Å². The SMILES string of the molecule is N/C(=N/O)c1cccc(CNCCC2=CCCC2)c1. The number of amidine groups is 1. The summed E-state index contributed by atoms with van der Waals surface area (Å²) in [5.74, 6) is 0.151. The van der Waals surface area contributed by atoms with E-state index in [1.807, 2.05) is 24.3 Å². The molecule has 4 nitrogen and oxygen atoms in total. The van der Waals surface area contributed by atoms with Crippen LogP contribution in [0.4, 0.5) is 0 Å². The minimum Gasteiger partial charge on any atom is -0.409 e. The van der Waals surface area contributed by atoms with E-state index in [0.717, 1.165) is 30.6 Å². The van der Waals surface area contributed by atoms with Crippen LogP contribution in [0.25, 0.3) is 0 Å². The van der Waals surface area contributed by atoms with Gasteiger partial charge in [-0.05, 0) is 43.9 Å². The molecule has 0 spiro atoms. The van der Waals surface area contributed by atoms with Crippen molar-refractivity contribution >= 4 is 5.84 Å². The Morgan fingerprint density at radius 1 is 1.42 bits per heavy atom. The molecule has 1 aromatic carbocycles. The third-order valence-corrected chi connectivity index (χ3v) is 3.42. The predicted octanol–water partition coefficient (Wildman–Crippen LogP) is 2.37. The number of nitrogens with two attached hydrogens (primary N) is 1. The van der Waals surface area contributed by atoms with E-state index in [9.17, 15) is 0 Å². The molecule has 1 aliphatic carbocycles. The molecule has 0 saturated heterocycles. The van der Waals surface area contributed by atoms with Crippen LogP contribution in [0.3, 0.4) is 0 Å². The van der Waals surface area contributed by atoms with Crippen molar-refractivity contribution in [1.29, 1.82) is 0 Å². The third kappa shape index (κ3) is 4.10. The van der Waals surface area contributed by atoms with Crippen LogP contribution in [0, 0.1) is 0 Å². The molecule has 1 aromatic rings. The first-order valence-corrected chi connectivity index (χ1v) is 6.75. The van der Waals surface area contributed by atoms with E-state index in [0.29, 0.717) is 0 Å². The first-order chi connectivity index (χ1) is 9.29. The molecule has 0 aromatic heterocycles. The Balaban J connectivity index is 1.79. The van der Waals surface area contributed by atoms with Gasteiger partial charge in [-0.3, -0.25) is 0 Å². The lowest BCUT2D eigenvalue weighted by atomic mass is 10.1. The molecule has 0 amide bonds. The fourth-order valence-electron chi connectivity index (χ4n) is 2.34. The highest BCUT2D eigenvalue weighted by Gasteiger charge is 2.04. The zero-order chi connectivity index (χ0) is 13.5. The van der Waals surface area contributed by atoms with E-state index in [-0.39, 0.29) is 5.84 Å². The number of nitrogens with zero attached hydrogens (tertiary/aromatic N) is 1. The molecular weight excluding hydrogens is 238 g/mol. The van der Waals surface area contributed by atoms with Crippen molar-refractivity contribution < 1.29 is 5.21 Å².